The zero-order chi connectivity index (χ0) is 8.27. The van der Waals surface area contributed by atoms with Gasteiger partial charge in [0.25, 0.3) is 0 Å². The second-order valence-corrected chi connectivity index (χ2v) is 2.48. The highest BCUT2D eigenvalue weighted by atomic mass is 16.5. The van der Waals surface area contributed by atoms with E-state index in [9.17, 15) is 4.79 Å². The van der Waals surface area contributed by atoms with Gasteiger partial charge in [0.05, 0.1) is 7.11 Å². The molecule has 0 amide bonds. The number of carbonyl (C=O) groups excluding carboxylic acids is 1. The third-order valence-electron chi connectivity index (χ3n) is 1.79. The van der Waals surface area contributed by atoms with Crippen molar-refractivity contribution in [1.29, 1.82) is 0 Å². The van der Waals surface area contributed by atoms with Gasteiger partial charge in [-0.15, -0.1) is 0 Å². The number of hydrogen-bond donors (Lipinski definition) is 0. The first-order valence-corrected chi connectivity index (χ1v) is 3.59. The van der Waals surface area contributed by atoms with Crippen LogP contribution in [0, 0.1) is 0 Å². The van der Waals surface area contributed by atoms with Gasteiger partial charge >= 0.3 is 0 Å². The molecule has 1 rings (SSSR count). The second kappa shape index (κ2) is 3.53. The zero-order valence-corrected chi connectivity index (χ0v) is 6.79. The molecule has 1 aliphatic carbocycles. The lowest BCUT2D eigenvalue weighted by Gasteiger charge is -2.20. The van der Waals surface area contributed by atoms with E-state index < -0.39 is 0 Å². The SMILES string of the molecule is COC1=CC(=O)CCC1OC. The van der Waals surface area contributed by atoms with Gasteiger partial charge in [0, 0.05) is 19.6 Å². The van der Waals surface area contributed by atoms with Gasteiger partial charge in [-0.3, -0.25) is 4.79 Å². The van der Waals surface area contributed by atoms with Crippen LogP contribution in [0.5, 0.6) is 0 Å². The molecular weight excluding hydrogens is 144 g/mol. The van der Waals surface area contributed by atoms with Crippen molar-refractivity contribution in [1.82, 2.24) is 0 Å². The van der Waals surface area contributed by atoms with Crippen molar-refractivity contribution in [3.05, 3.63) is 11.8 Å². The molecule has 0 aliphatic heterocycles. The largest absolute Gasteiger partial charge is 0.498 e. The van der Waals surface area contributed by atoms with E-state index in [1.807, 2.05) is 0 Å². The minimum atomic E-state index is -0.0299. The van der Waals surface area contributed by atoms with E-state index in [0.29, 0.717) is 12.2 Å². The molecule has 0 aromatic heterocycles. The van der Waals surface area contributed by atoms with Gasteiger partial charge in [0.1, 0.15) is 11.9 Å². The monoisotopic (exact) mass is 156 g/mol. The third kappa shape index (κ3) is 1.80. The van der Waals surface area contributed by atoms with Crippen molar-refractivity contribution in [2.45, 2.75) is 18.9 Å². The Morgan fingerprint density at radius 3 is 2.82 bits per heavy atom. The first-order valence-electron chi connectivity index (χ1n) is 3.59. The average Bonchev–Trinajstić information content (AvgIpc) is 2.04. The van der Waals surface area contributed by atoms with Crippen molar-refractivity contribution in [2.24, 2.45) is 0 Å². The van der Waals surface area contributed by atoms with E-state index in [1.54, 1.807) is 14.2 Å². The Morgan fingerprint density at radius 2 is 2.27 bits per heavy atom. The summed E-state index contributed by atoms with van der Waals surface area (Å²) in [6.07, 6.45) is 2.77. The van der Waals surface area contributed by atoms with E-state index >= 15 is 0 Å². The number of carbonyl (C=O) groups is 1. The third-order valence-corrected chi connectivity index (χ3v) is 1.79. The average molecular weight is 156 g/mol. The Bertz CT molecular complexity index is 184. The molecule has 0 radical (unpaired) electrons. The maximum absolute atomic E-state index is 10.9. The van der Waals surface area contributed by atoms with Crippen molar-refractivity contribution >= 4 is 5.78 Å². The van der Waals surface area contributed by atoms with Crippen LogP contribution in [0.1, 0.15) is 12.8 Å². The topological polar surface area (TPSA) is 35.5 Å². The van der Waals surface area contributed by atoms with Crippen LogP contribution < -0.4 is 0 Å². The summed E-state index contributed by atoms with van der Waals surface area (Å²) in [5, 5.41) is 0. The Labute approximate surface area is 66.0 Å². The van der Waals surface area contributed by atoms with E-state index in [2.05, 4.69) is 0 Å². The molecule has 0 fully saturated rings. The molecule has 3 nitrogen and oxygen atoms in total. The zero-order valence-electron chi connectivity index (χ0n) is 6.79. The van der Waals surface area contributed by atoms with Crippen molar-refractivity contribution in [2.75, 3.05) is 14.2 Å². The molecule has 11 heavy (non-hydrogen) atoms. The highest BCUT2D eigenvalue weighted by Crippen LogP contribution is 2.18. The van der Waals surface area contributed by atoms with Gasteiger partial charge in [-0.25, -0.2) is 0 Å². The van der Waals surface area contributed by atoms with Crippen LogP contribution in [0.4, 0.5) is 0 Å². The minimum absolute atomic E-state index is 0.0299. The number of ether oxygens (including phenoxy) is 2. The summed E-state index contributed by atoms with van der Waals surface area (Å²) in [5.41, 5.74) is 0. The summed E-state index contributed by atoms with van der Waals surface area (Å²) < 4.78 is 10.1. The lowest BCUT2D eigenvalue weighted by atomic mass is 10.0. The predicted octanol–water partition coefficient (Wildman–Crippen LogP) is 0.895. The van der Waals surface area contributed by atoms with Crippen LogP contribution in [-0.4, -0.2) is 26.1 Å². The van der Waals surface area contributed by atoms with E-state index in [0.717, 1.165) is 6.42 Å². The number of hydrogen-bond acceptors (Lipinski definition) is 3. The molecule has 0 N–H and O–H groups in total. The van der Waals surface area contributed by atoms with Gasteiger partial charge in [0.15, 0.2) is 5.78 Å². The molecule has 1 unspecified atom stereocenters. The molecule has 0 saturated heterocycles. The molecule has 0 saturated carbocycles. The minimum Gasteiger partial charge on any atom is -0.498 e. The molecule has 0 aromatic rings. The molecule has 0 spiro atoms. The number of rotatable bonds is 2. The van der Waals surface area contributed by atoms with Crippen LogP contribution in [0.15, 0.2) is 11.8 Å². The maximum Gasteiger partial charge on any atom is 0.159 e. The molecule has 0 bridgehead atoms. The van der Waals surface area contributed by atoms with Crippen LogP contribution in [0.3, 0.4) is 0 Å². The predicted molar refractivity (Wildman–Crippen MR) is 40.1 cm³/mol. The maximum atomic E-state index is 10.9. The van der Waals surface area contributed by atoms with Gasteiger partial charge in [-0.1, -0.05) is 0 Å². The first-order chi connectivity index (χ1) is 5.27. The summed E-state index contributed by atoms with van der Waals surface area (Å²) in [4.78, 5) is 10.9. The highest BCUT2D eigenvalue weighted by molar-refractivity contribution is 5.91. The second-order valence-electron chi connectivity index (χ2n) is 2.48. The Morgan fingerprint density at radius 1 is 1.55 bits per heavy atom. The summed E-state index contributed by atoms with van der Waals surface area (Å²) in [6, 6.07) is 0. The van der Waals surface area contributed by atoms with E-state index in [1.165, 1.54) is 6.08 Å². The molecule has 1 aliphatic rings. The quantitative estimate of drug-likeness (QED) is 0.595. The Hall–Kier alpha value is -0.830. The lowest BCUT2D eigenvalue weighted by molar-refractivity contribution is -0.116. The van der Waals surface area contributed by atoms with E-state index in [4.69, 9.17) is 9.47 Å². The summed E-state index contributed by atoms with van der Waals surface area (Å²) in [7, 11) is 3.17. The van der Waals surface area contributed by atoms with Crippen LogP contribution >= 0.6 is 0 Å². The van der Waals surface area contributed by atoms with Gasteiger partial charge in [-0.05, 0) is 6.42 Å². The fraction of sp³-hybridized carbons (Fsp3) is 0.625. The molecule has 1 atom stereocenters. The summed E-state index contributed by atoms with van der Waals surface area (Å²) in [6.45, 7) is 0. The fourth-order valence-electron chi connectivity index (χ4n) is 1.16. The van der Waals surface area contributed by atoms with Crippen molar-refractivity contribution < 1.29 is 14.3 Å². The van der Waals surface area contributed by atoms with Gasteiger partial charge in [-0.2, -0.15) is 0 Å². The van der Waals surface area contributed by atoms with Crippen LogP contribution in [0.25, 0.3) is 0 Å². The summed E-state index contributed by atoms with van der Waals surface area (Å²) >= 11 is 0. The first kappa shape index (κ1) is 8.27. The van der Waals surface area contributed by atoms with Crippen LogP contribution in [0.2, 0.25) is 0 Å². The Balaban J connectivity index is 2.70. The number of allylic oxidation sites excluding steroid dienone is 1. The molecule has 62 valence electrons. The number of ketones is 1. The molecule has 3 heteroatoms. The molecule has 0 aromatic carbocycles. The smallest absolute Gasteiger partial charge is 0.159 e. The fourth-order valence-corrected chi connectivity index (χ4v) is 1.16. The molecule has 0 heterocycles. The normalized spacial score (nSPS) is 24.7. The number of methoxy groups -OCH3 is 2. The molecular formula is C8H12O3. The van der Waals surface area contributed by atoms with Gasteiger partial charge in [0.2, 0.25) is 0 Å². The van der Waals surface area contributed by atoms with Gasteiger partial charge < -0.3 is 9.47 Å². The highest BCUT2D eigenvalue weighted by Gasteiger charge is 2.21. The van der Waals surface area contributed by atoms with Crippen LogP contribution in [-0.2, 0) is 14.3 Å². The standard InChI is InChI=1S/C8H12O3/c1-10-7-4-3-6(9)5-8(7)11-2/h5,7H,3-4H2,1-2H3. The van der Waals surface area contributed by atoms with Crippen molar-refractivity contribution in [3.8, 4) is 0 Å². The lowest BCUT2D eigenvalue weighted by Crippen LogP contribution is -2.21. The van der Waals surface area contributed by atoms with Crippen molar-refractivity contribution in [3.63, 3.8) is 0 Å². The summed E-state index contributed by atoms with van der Waals surface area (Å²) in [5.74, 6) is 0.763. The van der Waals surface area contributed by atoms with E-state index in [-0.39, 0.29) is 11.9 Å². The Kier molecular flexibility index (Phi) is 2.65.